The van der Waals surface area contributed by atoms with Crippen molar-refractivity contribution in [2.75, 3.05) is 19.0 Å². The van der Waals surface area contributed by atoms with Crippen LogP contribution in [-0.2, 0) is 0 Å². The van der Waals surface area contributed by atoms with E-state index < -0.39 is 0 Å². The predicted molar refractivity (Wildman–Crippen MR) is 98.5 cm³/mol. The van der Waals surface area contributed by atoms with Gasteiger partial charge < -0.3 is 20.1 Å². The average Bonchev–Trinajstić information content (AvgIpc) is 2.54. The number of rotatable bonds is 6. The molecule has 2 N–H and O–H groups in total. The fourth-order valence-electron chi connectivity index (χ4n) is 1.99. The number of nitrogens with one attached hydrogen (secondary N) is 2. The molecular weight excluding hydrogens is 308 g/mol. The van der Waals surface area contributed by atoms with E-state index in [1.165, 1.54) is 5.56 Å². The largest absolute Gasteiger partial charge is 0.497 e. The third-order valence-electron chi connectivity index (χ3n) is 3.23. The van der Waals surface area contributed by atoms with Gasteiger partial charge in [0.05, 0.1) is 13.2 Å². The van der Waals surface area contributed by atoms with Gasteiger partial charge in [-0.25, -0.2) is 0 Å². The van der Waals surface area contributed by atoms with Crippen LogP contribution in [0.1, 0.15) is 12.5 Å². The van der Waals surface area contributed by atoms with Crippen LogP contribution in [0.25, 0.3) is 0 Å². The molecule has 2 aromatic carbocycles. The number of thiocarbonyl (C=S) groups is 1. The van der Waals surface area contributed by atoms with E-state index in [2.05, 4.69) is 17.6 Å². The van der Waals surface area contributed by atoms with Gasteiger partial charge in [0.15, 0.2) is 5.11 Å². The molecule has 2 aromatic rings. The zero-order valence-corrected chi connectivity index (χ0v) is 14.4. The van der Waals surface area contributed by atoms with Gasteiger partial charge in [-0.3, -0.25) is 0 Å². The van der Waals surface area contributed by atoms with Crippen molar-refractivity contribution >= 4 is 23.0 Å². The summed E-state index contributed by atoms with van der Waals surface area (Å²) in [5.41, 5.74) is 2.10. The van der Waals surface area contributed by atoms with E-state index in [1.54, 1.807) is 7.11 Å². The summed E-state index contributed by atoms with van der Waals surface area (Å²) >= 11 is 5.32. The van der Waals surface area contributed by atoms with E-state index in [9.17, 15) is 0 Å². The number of anilines is 1. The first-order chi connectivity index (χ1) is 11.1. The molecular formula is C18H22N2O2S. The Labute approximate surface area is 142 Å². The minimum absolute atomic E-state index is 0.0851. The molecule has 1 atom stereocenters. The summed E-state index contributed by atoms with van der Waals surface area (Å²) in [4.78, 5) is 0. The van der Waals surface area contributed by atoms with Crippen molar-refractivity contribution < 1.29 is 9.47 Å². The molecule has 0 spiro atoms. The third-order valence-corrected chi connectivity index (χ3v) is 3.45. The monoisotopic (exact) mass is 330 g/mol. The first-order valence-electron chi connectivity index (χ1n) is 7.48. The fraction of sp³-hybridized carbons (Fsp3) is 0.278. The molecule has 0 saturated heterocycles. The highest BCUT2D eigenvalue weighted by molar-refractivity contribution is 7.80. The van der Waals surface area contributed by atoms with Crippen LogP contribution in [0.5, 0.6) is 11.5 Å². The maximum Gasteiger partial charge on any atom is 0.171 e. The summed E-state index contributed by atoms with van der Waals surface area (Å²) in [5, 5.41) is 6.89. The number of aryl methyl sites for hydroxylation is 1. The Hall–Kier alpha value is -2.27. The molecule has 0 aliphatic heterocycles. The highest BCUT2D eigenvalue weighted by Crippen LogP contribution is 2.16. The summed E-state index contributed by atoms with van der Waals surface area (Å²) in [6.07, 6.45) is 0. The smallest absolute Gasteiger partial charge is 0.171 e. The molecule has 0 fully saturated rings. The Morgan fingerprint density at radius 3 is 2.57 bits per heavy atom. The van der Waals surface area contributed by atoms with E-state index in [0.717, 1.165) is 17.2 Å². The van der Waals surface area contributed by atoms with Gasteiger partial charge in [0.2, 0.25) is 0 Å². The second-order valence-corrected chi connectivity index (χ2v) is 5.76. The normalized spacial score (nSPS) is 11.4. The zero-order valence-electron chi connectivity index (χ0n) is 13.6. The molecule has 0 aliphatic carbocycles. The first kappa shape index (κ1) is 17.1. The van der Waals surface area contributed by atoms with Crippen LogP contribution in [0.3, 0.4) is 0 Å². The highest BCUT2D eigenvalue weighted by atomic mass is 32.1. The van der Waals surface area contributed by atoms with Crippen molar-refractivity contribution in [1.29, 1.82) is 0 Å². The fourth-order valence-corrected chi connectivity index (χ4v) is 2.31. The third kappa shape index (κ3) is 5.79. The van der Waals surface area contributed by atoms with Crippen LogP contribution < -0.4 is 20.1 Å². The number of hydrogen-bond donors (Lipinski definition) is 2. The summed E-state index contributed by atoms with van der Waals surface area (Å²) in [6.45, 7) is 4.60. The number of benzene rings is 2. The van der Waals surface area contributed by atoms with E-state index in [4.69, 9.17) is 21.7 Å². The van der Waals surface area contributed by atoms with Crippen molar-refractivity contribution in [1.82, 2.24) is 5.32 Å². The Kier molecular flexibility index (Phi) is 6.23. The highest BCUT2D eigenvalue weighted by Gasteiger charge is 2.06. The van der Waals surface area contributed by atoms with Crippen molar-refractivity contribution in [3.8, 4) is 11.5 Å². The SMILES string of the molecule is COc1cccc(NC(=S)N[C@H](C)COc2ccc(C)cc2)c1. The van der Waals surface area contributed by atoms with Crippen LogP contribution in [0.2, 0.25) is 0 Å². The summed E-state index contributed by atoms with van der Waals surface area (Å²) < 4.78 is 10.9. The molecule has 0 aliphatic rings. The molecule has 0 radical (unpaired) electrons. The summed E-state index contributed by atoms with van der Waals surface area (Å²) in [5.74, 6) is 1.64. The number of hydrogen-bond acceptors (Lipinski definition) is 3. The van der Waals surface area contributed by atoms with E-state index >= 15 is 0 Å². The molecule has 0 bridgehead atoms. The lowest BCUT2D eigenvalue weighted by Crippen LogP contribution is -2.39. The van der Waals surface area contributed by atoms with E-state index in [1.807, 2.05) is 55.5 Å². The molecule has 5 heteroatoms. The molecule has 0 saturated carbocycles. The van der Waals surface area contributed by atoms with E-state index in [0.29, 0.717) is 11.7 Å². The van der Waals surface area contributed by atoms with Crippen LogP contribution in [0.4, 0.5) is 5.69 Å². The predicted octanol–water partition coefficient (Wildman–Crippen LogP) is 3.76. The topological polar surface area (TPSA) is 42.5 Å². The molecule has 122 valence electrons. The van der Waals surface area contributed by atoms with Crippen molar-refractivity contribution in [2.24, 2.45) is 0 Å². The van der Waals surface area contributed by atoms with Gasteiger partial charge in [-0.2, -0.15) is 0 Å². The van der Waals surface area contributed by atoms with Crippen molar-refractivity contribution in [3.63, 3.8) is 0 Å². The van der Waals surface area contributed by atoms with Crippen molar-refractivity contribution in [3.05, 3.63) is 54.1 Å². The lowest BCUT2D eigenvalue weighted by Gasteiger charge is -2.18. The Morgan fingerprint density at radius 2 is 1.87 bits per heavy atom. The maximum atomic E-state index is 5.74. The Bertz CT molecular complexity index is 644. The van der Waals surface area contributed by atoms with Gasteiger partial charge in [-0.15, -0.1) is 0 Å². The van der Waals surface area contributed by atoms with Crippen LogP contribution >= 0.6 is 12.2 Å². The van der Waals surface area contributed by atoms with Gasteiger partial charge in [0.1, 0.15) is 18.1 Å². The molecule has 4 nitrogen and oxygen atoms in total. The van der Waals surface area contributed by atoms with Gasteiger partial charge in [0, 0.05) is 11.8 Å². The molecule has 0 aromatic heterocycles. The van der Waals surface area contributed by atoms with Gasteiger partial charge >= 0.3 is 0 Å². The minimum Gasteiger partial charge on any atom is -0.497 e. The lowest BCUT2D eigenvalue weighted by atomic mass is 10.2. The average molecular weight is 330 g/mol. The van der Waals surface area contributed by atoms with Crippen LogP contribution in [0, 0.1) is 6.92 Å². The maximum absolute atomic E-state index is 5.74. The minimum atomic E-state index is 0.0851. The number of methoxy groups -OCH3 is 1. The molecule has 0 heterocycles. The van der Waals surface area contributed by atoms with Gasteiger partial charge in [-0.05, 0) is 50.3 Å². The zero-order chi connectivity index (χ0) is 16.7. The standard InChI is InChI=1S/C18H22N2O2S/c1-13-7-9-16(10-8-13)22-12-14(2)19-18(23)20-15-5-4-6-17(11-15)21-3/h4-11,14H,12H2,1-3H3,(H2,19,20,23)/t14-/m1/s1. The summed E-state index contributed by atoms with van der Waals surface area (Å²) in [6, 6.07) is 15.7. The van der Waals surface area contributed by atoms with Gasteiger partial charge in [-0.1, -0.05) is 23.8 Å². The Balaban J connectivity index is 1.78. The van der Waals surface area contributed by atoms with Crippen LogP contribution in [-0.4, -0.2) is 24.9 Å². The van der Waals surface area contributed by atoms with Gasteiger partial charge in [0.25, 0.3) is 0 Å². The second-order valence-electron chi connectivity index (χ2n) is 5.36. The molecule has 2 rings (SSSR count). The van der Waals surface area contributed by atoms with Crippen molar-refractivity contribution in [2.45, 2.75) is 19.9 Å². The van der Waals surface area contributed by atoms with Crippen LogP contribution in [0.15, 0.2) is 48.5 Å². The Morgan fingerprint density at radius 1 is 1.13 bits per heavy atom. The molecule has 23 heavy (non-hydrogen) atoms. The van der Waals surface area contributed by atoms with E-state index in [-0.39, 0.29) is 6.04 Å². The molecule has 0 amide bonds. The summed E-state index contributed by atoms with van der Waals surface area (Å²) in [7, 11) is 1.64. The molecule has 0 unspecified atom stereocenters. The first-order valence-corrected chi connectivity index (χ1v) is 7.88. The quantitative estimate of drug-likeness (QED) is 0.790. The lowest BCUT2D eigenvalue weighted by molar-refractivity contribution is 0.287. The number of ether oxygens (including phenoxy) is 2. The second kappa shape index (κ2) is 8.39.